The largest absolute Gasteiger partial charge is 0.481 e. The SMILES string of the molecule is CC(=O)O.CC1=C(C(F)(F)F)N2C(=NC1)CS[C@H](c1cccc(Cl)c1Cl)c1cc(Cl)ccc12. The Kier molecular flexibility index (Phi) is 7.94. The molecule has 0 amide bonds. The average Bonchev–Trinajstić information content (AvgIpc) is 2.85. The molecule has 2 heterocycles. The number of fused-ring (bicyclic) bond motifs is 3. The first kappa shape index (κ1) is 25.7. The number of rotatable bonds is 1. The van der Waals surface area contributed by atoms with E-state index in [0.717, 1.165) is 12.5 Å². The third-order valence-corrected chi connectivity index (χ3v) is 7.14. The Bertz CT molecular complexity index is 1150. The molecule has 2 aliphatic rings. The molecule has 2 aromatic carbocycles. The first-order valence-corrected chi connectivity index (χ1v) is 11.7. The van der Waals surface area contributed by atoms with Gasteiger partial charge in [-0.05, 0) is 47.9 Å². The van der Waals surface area contributed by atoms with Crippen molar-refractivity contribution in [1.29, 1.82) is 0 Å². The summed E-state index contributed by atoms with van der Waals surface area (Å²) < 4.78 is 41.9. The zero-order chi connectivity index (χ0) is 24.5. The van der Waals surface area contributed by atoms with Gasteiger partial charge < -0.3 is 5.11 Å². The summed E-state index contributed by atoms with van der Waals surface area (Å²) in [6.45, 7) is 2.56. The van der Waals surface area contributed by atoms with Crippen LogP contribution < -0.4 is 4.90 Å². The van der Waals surface area contributed by atoms with Crippen molar-refractivity contribution in [3.63, 3.8) is 0 Å². The highest BCUT2D eigenvalue weighted by Crippen LogP contribution is 2.50. The van der Waals surface area contributed by atoms with Gasteiger partial charge in [-0.25, -0.2) is 0 Å². The zero-order valence-corrected chi connectivity index (χ0v) is 20.5. The minimum absolute atomic E-state index is 0.0206. The van der Waals surface area contributed by atoms with Crippen molar-refractivity contribution in [3.8, 4) is 0 Å². The van der Waals surface area contributed by atoms with Crippen molar-refractivity contribution < 1.29 is 23.1 Å². The van der Waals surface area contributed by atoms with Gasteiger partial charge in [0.15, 0.2) is 0 Å². The fourth-order valence-corrected chi connectivity index (χ4v) is 5.52. The minimum Gasteiger partial charge on any atom is -0.481 e. The number of amidine groups is 1. The van der Waals surface area contributed by atoms with Gasteiger partial charge in [0, 0.05) is 11.9 Å². The smallest absolute Gasteiger partial charge is 0.431 e. The number of alkyl halides is 3. The molecule has 0 radical (unpaired) electrons. The lowest BCUT2D eigenvalue weighted by atomic mass is 10.0. The van der Waals surface area contributed by atoms with E-state index in [9.17, 15) is 13.2 Å². The number of carboxylic acids is 1. The van der Waals surface area contributed by atoms with Gasteiger partial charge in [0.1, 0.15) is 11.5 Å². The number of halogens is 6. The molecule has 0 saturated heterocycles. The van der Waals surface area contributed by atoms with E-state index in [1.165, 1.54) is 23.6 Å². The quantitative estimate of drug-likeness (QED) is 0.406. The van der Waals surface area contributed by atoms with Crippen LogP contribution >= 0.6 is 46.6 Å². The number of hydrogen-bond acceptors (Lipinski definition) is 4. The predicted molar refractivity (Wildman–Crippen MR) is 129 cm³/mol. The lowest BCUT2D eigenvalue weighted by Crippen LogP contribution is -2.41. The average molecular weight is 538 g/mol. The maximum Gasteiger partial charge on any atom is 0.431 e. The number of allylic oxidation sites excluding steroid dienone is 1. The number of aliphatic imine (C=N–C) groups is 1. The van der Waals surface area contributed by atoms with Gasteiger partial charge in [-0.3, -0.25) is 14.7 Å². The zero-order valence-electron chi connectivity index (χ0n) is 17.4. The molecule has 0 fully saturated rings. The summed E-state index contributed by atoms with van der Waals surface area (Å²) >= 11 is 20.3. The third-order valence-electron chi connectivity index (χ3n) is 4.81. The third kappa shape index (κ3) is 5.62. The van der Waals surface area contributed by atoms with Crippen molar-refractivity contribution >= 4 is 64.1 Å². The summed E-state index contributed by atoms with van der Waals surface area (Å²) in [5.41, 5.74) is 1.23. The van der Waals surface area contributed by atoms with Gasteiger partial charge in [0.05, 0.1) is 33.3 Å². The Morgan fingerprint density at radius 1 is 1.18 bits per heavy atom. The van der Waals surface area contributed by atoms with Crippen molar-refractivity contribution in [2.75, 3.05) is 17.2 Å². The molecule has 0 spiro atoms. The van der Waals surface area contributed by atoms with E-state index in [4.69, 9.17) is 44.7 Å². The second-order valence-corrected chi connectivity index (χ2v) is 9.57. The molecule has 1 atom stereocenters. The lowest BCUT2D eigenvalue weighted by Gasteiger charge is -2.34. The molecule has 0 saturated carbocycles. The molecule has 0 aromatic heterocycles. The highest BCUT2D eigenvalue weighted by molar-refractivity contribution is 8.00. The standard InChI is InChI=1S/C20H14Cl3F3N2S.C2H4O2/c1-10-8-27-16-9-29-18(12-3-2-4-14(22)17(12)23)13-7-11(21)5-6-15(13)28(16)19(10)20(24,25)26;1-2(3)4/h2-7,18H,8-9H2,1H3;1H3,(H,3,4)/t18-;/m1./s1. The molecule has 2 aliphatic heterocycles. The van der Waals surface area contributed by atoms with Crippen molar-refractivity contribution in [1.82, 2.24) is 0 Å². The Balaban J connectivity index is 0.000000709. The van der Waals surface area contributed by atoms with Crippen molar-refractivity contribution in [2.24, 2.45) is 4.99 Å². The topological polar surface area (TPSA) is 52.9 Å². The number of benzene rings is 2. The number of carbonyl (C=O) groups is 1. The monoisotopic (exact) mass is 536 g/mol. The summed E-state index contributed by atoms with van der Waals surface area (Å²) in [4.78, 5) is 14.6. The number of carboxylic acid groups (broad SMARTS) is 1. The molecule has 11 heteroatoms. The maximum atomic E-state index is 14.0. The molecule has 33 heavy (non-hydrogen) atoms. The van der Waals surface area contributed by atoms with Crippen LogP contribution in [0.1, 0.15) is 30.2 Å². The van der Waals surface area contributed by atoms with Gasteiger partial charge in [0.2, 0.25) is 0 Å². The van der Waals surface area contributed by atoms with E-state index in [1.54, 1.807) is 30.3 Å². The maximum absolute atomic E-state index is 14.0. The normalized spacial score (nSPS) is 17.9. The molecule has 4 nitrogen and oxygen atoms in total. The van der Waals surface area contributed by atoms with Crippen LogP contribution in [0.25, 0.3) is 0 Å². The van der Waals surface area contributed by atoms with Crippen LogP contribution in [0.3, 0.4) is 0 Å². The van der Waals surface area contributed by atoms with Gasteiger partial charge in [-0.1, -0.05) is 46.9 Å². The van der Waals surface area contributed by atoms with Gasteiger partial charge >= 0.3 is 6.18 Å². The first-order chi connectivity index (χ1) is 15.4. The second-order valence-electron chi connectivity index (χ2n) is 7.25. The molecule has 176 valence electrons. The minimum atomic E-state index is -4.51. The summed E-state index contributed by atoms with van der Waals surface area (Å²) in [5, 5.41) is 8.26. The summed E-state index contributed by atoms with van der Waals surface area (Å²) in [6, 6.07) is 10.2. The Hall–Kier alpha value is -1.87. The van der Waals surface area contributed by atoms with Crippen LogP contribution in [0.5, 0.6) is 0 Å². The molecular weight excluding hydrogens is 520 g/mol. The van der Waals surface area contributed by atoms with Crippen LogP contribution in [0.4, 0.5) is 18.9 Å². The number of aliphatic carboxylic acids is 1. The summed E-state index contributed by atoms with van der Waals surface area (Å²) in [5.74, 6) is -0.190. The predicted octanol–water partition coefficient (Wildman–Crippen LogP) is 7.63. The Morgan fingerprint density at radius 2 is 1.85 bits per heavy atom. The molecule has 1 N–H and O–H groups in total. The molecule has 2 aromatic rings. The molecular formula is C22H18Cl3F3N2O2S. The molecule has 0 bridgehead atoms. The van der Waals surface area contributed by atoms with Crippen LogP contribution in [-0.4, -0.2) is 35.4 Å². The van der Waals surface area contributed by atoms with E-state index >= 15 is 0 Å². The Labute approximate surface area is 208 Å². The molecule has 0 aliphatic carbocycles. The fourth-order valence-electron chi connectivity index (χ4n) is 3.58. The Morgan fingerprint density at radius 3 is 2.48 bits per heavy atom. The highest BCUT2D eigenvalue weighted by Gasteiger charge is 2.45. The van der Waals surface area contributed by atoms with Crippen molar-refractivity contribution in [2.45, 2.75) is 25.3 Å². The van der Waals surface area contributed by atoms with E-state index in [0.29, 0.717) is 32.2 Å². The number of anilines is 1. The summed E-state index contributed by atoms with van der Waals surface area (Å²) in [6.07, 6.45) is -4.51. The van der Waals surface area contributed by atoms with Crippen LogP contribution in [0.15, 0.2) is 52.7 Å². The van der Waals surface area contributed by atoms with Gasteiger partial charge in [0.25, 0.3) is 5.97 Å². The second kappa shape index (κ2) is 10.2. The molecule has 4 rings (SSSR count). The van der Waals surface area contributed by atoms with Gasteiger partial charge in [-0.15, -0.1) is 11.8 Å². The van der Waals surface area contributed by atoms with Crippen LogP contribution in [0, 0.1) is 0 Å². The van der Waals surface area contributed by atoms with E-state index in [-0.39, 0.29) is 23.1 Å². The van der Waals surface area contributed by atoms with E-state index in [2.05, 4.69) is 4.99 Å². The first-order valence-electron chi connectivity index (χ1n) is 9.56. The number of thioether (sulfide) groups is 1. The van der Waals surface area contributed by atoms with E-state index < -0.39 is 17.8 Å². The van der Waals surface area contributed by atoms with Crippen LogP contribution in [0.2, 0.25) is 15.1 Å². The highest BCUT2D eigenvalue weighted by atomic mass is 35.5. The van der Waals surface area contributed by atoms with E-state index in [1.807, 2.05) is 6.07 Å². The van der Waals surface area contributed by atoms with Gasteiger partial charge in [-0.2, -0.15) is 13.2 Å². The lowest BCUT2D eigenvalue weighted by molar-refractivity contribution is -0.134. The number of hydrogen-bond donors (Lipinski definition) is 1. The number of nitrogens with zero attached hydrogens (tertiary/aromatic N) is 2. The van der Waals surface area contributed by atoms with Crippen molar-refractivity contribution in [3.05, 3.63) is 73.9 Å². The fraction of sp³-hybridized carbons (Fsp3) is 0.273. The molecule has 0 unspecified atom stereocenters. The summed E-state index contributed by atoms with van der Waals surface area (Å²) in [7, 11) is 0. The van der Waals surface area contributed by atoms with Crippen LogP contribution in [-0.2, 0) is 4.79 Å².